The predicted molar refractivity (Wildman–Crippen MR) is 60.7 cm³/mol. The van der Waals surface area contributed by atoms with Gasteiger partial charge < -0.3 is 9.84 Å². The maximum atomic E-state index is 11.0. The van der Waals surface area contributed by atoms with E-state index in [1.165, 1.54) is 29.9 Å². The third kappa shape index (κ3) is 2.16. The molecular formula is C9H10N4O3S. The predicted octanol–water partition coefficient (Wildman–Crippen LogP) is 0.334. The summed E-state index contributed by atoms with van der Waals surface area (Å²) in [6.45, 7) is 0. The topological polar surface area (TPSA) is 90.1 Å². The Kier molecular flexibility index (Phi) is 3.14. The van der Waals surface area contributed by atoms with Crippen LogP contribution in [0.2, 0.25) is 0 Å². The number of nitrogens with zero attached hydrogens (tertiary/aromatic N) is 4. The molecule has 1 N–H and O–H groups in total. The molecule has 0 aromatic carbocycles. The molecule has 0 spiro atoms. The molecule has 0 aliphatic rings. The first-order valence-corrected chi connectivity index (χ1v) is 5.68. The SMILES string of the molecule is COC(=O)CSc1ncnc2c(O)n(C)nc12. The van der Waals surface area contributed by atoms with E-state index in [9.17, 15) is 9.90 Å². The molecule has 0 unspecified atom stereocenters. The van der Waals surface area contributed by atoms with Crippen LogP contribution in [0.25, 0.3) is 11.0 Å². The van der Waals surface area contributed by atoms with Crippen molar-refractivity contribution in [2.45, 2.75) is 5.03 Å². The lowest BCUT2D eigenvalue weighted by Gasteiger charge is -1.99. The Morgan fingerprint density at radius 3 is 3.00 bits per heavy atom. The molecule has 0 radical (unpaired) electrons. The molecule has 0 saturated heterocycles. The molecule has 0 aliphatic carbocycles. The molecule has 0 amide bonds. The Morgan fingerprint density at radius 2 is 2.29 bits per heavy atom. The Bertz CT molecular complexity index is 569. The monoisotopic (exact) mass is 254 g/mol. The highest BCUT2D eigenvalue weighted by Gasteiger charge is 2.15. The molecule has 17 heavy (non-hydrogen) atoms. The van der Waals surface area contributed by atoms with Crippen molar-refractivity contribution in [2.75, 3.05) is 12.9 Å². The van der Waals surface area contributed by atoms with Gasteiger partial charge in [-0.1, -0.05) is 11.8 Å². The summed E-state index contributed by atoms with van der Waals surface area (Å²) in [6, 6.07) is 0. The van der Waals surface area contributed by atoms with Gasteiger partial charge in [-0.05, 0) is 0 Å². The van der Waals surface area contributed by atoms with Crippen LogP contribution in [-0.4, -0.2) is 43.7 Å². The van der Waals surface area contributed by atoms with E-state index in [-0.39, 0.29) is 17.6 Å². The van der Waals surface area contributed by atoms with Crippen molar-refractivity contribution < 1.29 is 14.6 Å². The van der Waals surface area contributed by atoms with Gasteiger partial charge in [-0.25, -0.2) is 14.6 Å². The van der Waals surface area contributed by atoms with Crippen molar-refractivity contribution in [1.29, 1.82) is 0 Å². The van der Waals surface area contributed by atoms with E-state index in [2.05, 4.69) is 19.8 Å². The van der Waals surface area contributed by atoms with E-state index in [1.54, 1.807) is 7.05 Å². The highest BCUT2D eigenvalue weighted by atomic mass is 32.2. The average molecular weight is 254 g/mol. The number of ether oxygens (including phenoxy) is 1. The van der Waals surface area contributed by atoms with Crippen LogP contribution in [0.4, 0.5) is 0 Å². The maximum Gasteiger partial charge on any atom is 0.316 e. The fourth-order valence-corrected chi connectivity index (χ4v) is 2.03. The minimum absolute atomic E-state index is 0.0256. The van der Waals surface area contributed by atoms with Crippen LogP contribution in [0.15, 0.2) is 11.4 Å². The fraction of sp³-hybridized carbons (Fsp3) is 0.333. The second-order valence-corrected chi connectivity index (χ2v) is 4.15. The number of aromatic nitrogens is 4. The molecule has 7 nitrogen and oxygen atoms in total. The van der Waals surface area contributed by atoms with E-state index < -0.39 is 0 Å². The largest absolute Gasteiger partial charge is 0.492 e. The van der Waals surface area contributed by atoms with Crippen LogP contribution in [-0.2, 0) is 16.6 Å². The maximum absolute atomic E-state index is 11.0. The number of esters is 1. The van der Waals surface area contributed by atoms with Gasteiger partial charge in [0.15, 0.2) is 5.52 Å². The van der Waals surface area contributed by atoms with Crippen molar-refractivity contribution in [2.24, 2.45) is 7.05 Å². The Hall–Kier alpha value is -1.83. The van der Waals surface area contributed by atoms with E-state index in [0.29, 0.717) is 16.1 Å². The lowest BCUT2D eigenvalue weighted by atomic mass is 10.5. The van der Waals surface area contributed by atoms with E-state index in [1.807, 2.05) is 0 Å². The summed E-state index contributed by atoms with van der Waals surface area (Å²) >= 11 is 1.19. The van der Waals surface area contributed by atoms with Gasteiger partial charge in [-0.3, -0.25) is 4.79 Å². The lowest BCUT2D eigenvalue weighted by molar-refractivity contribution is -0.137. The van der Waals surface area contributed by atoms with Crippen molar-refractivity contribution in [3.63, 3.8) is 0 Å². The van der Waals surface area contributed by atoms with Gasteiger partial charge in [0.25, 0.3) is 0 Å². The van der Waals surface area contributed by atoms with Crippen molar-refractivity contribution >= 4 is 28.8 Å². The van der Waals surface area contributed by atoms with E-state index in [4.69, 9.17) is 0 Å². The molecule has 90 valence electrons. The van der Waals surface area contributed by atoms with E-state index in [0.717, 1.165) is 0 Å². The summed E-state index contributed by atoms with van der Waals surface area (Å²) in [5.74, 6) is -0.232. The molecule has 8 heteroatoms. The number of rotatable bonds is 3. The highest BCUT2D eigenvalue weighted by molar-refractivity contribution is 8.00. The number of aryl methyl sites for hydroxylation is 1. The molecule has 0 fully saturated rings. The summed E-state index contributed by atoms with van der Waals surface area (Å²) in [4.78, 5) is 19.0. The molecule has 2 rings (SSSR count). The van der Waals surface area contributed by atoms with Crippen LogP contribution in [0.1, 0.15) is 0 Å². The van der Waals surface area contributed by atoms with Crippen molar-refractivity contribution in [1.82, 2.24) is 19.7 Å². The number of thioether (sulfide) groups is 1. The average Bonchev–Trinajstić information content (AvgIpc) is 2.63. The number of hydrogen-bond donors (Lipinski definition) is 1. The lowest BCUT2D eigenvalue weighted by Crippen LogP contribution is -2.03. The second kappa shape index (κ2) is 4.58. The van der Waals surface area contributed by atoms with E-state index >= 15 is 0 Å². The fourth-order valence-electron chi connectivity index (χ4n) is 1.26. The zero-order valence-corrected chi connectivity index (χ0v) is 10.1. The van der Waals surface area contributed by atoms with Crippen LogP contribution in [0, 0.1) is 0 Å². The Labute approximate surface area is 101 Å². The minimum Gasteiger partial charge on any atom is -0.492 e. The molecule has 2 aromatic heterocycles. The molecule has 0 bridgehead atoms. The Morgan fingerprint density at radius 1 is 1.53 bits per heavy atom. The molecule has 0 saturated carbocycles. The molecule has 0 aliphatic heterocycles. The van der Waals surface area contributed by atoms with Gasteiger partial charge in [0.1, 0.15) is 16.9 Å². The van der Waals surface area contributed by atoms with Gasteiger partial charge in [-0.2, -0.15) is 5.10 Å². The van der Waals surface area contributed by atoms with Crippen LogP contribution < -0.4 is 0 Å². The first kappa shape index (κ1) is 11.6. The Balaban J connectivity index is 2.34. The number of hydrogen-bond acceptors (Lipinski definition) is 7. The smallest absolute Gasteiger partial charge is 0.316 e. The third-order valence-electron chi connectivity index (χ3n) is 2.11. The molecular weight excluding hydrogens is 244 g/mol. The summed E-state index contributed by atoms with van der Waals surface area (Å²) in [5, 5.41) is 14.3. The van der Waals surface area contributed by atoms with Gasteiger partial charge in [0, 0.05) is 7.05 Å². The first-order chi connectivity index (χ1) is 8.13. The van der Waals surface area contributed by atoms with Gasteiger partial charge >= 0.3 is 5.97 Å². The second-order valence-electron chi connectivity index (χ2n) is 3.19. The number of aromatic hydroxyl groups is 1. The quantitative estimate of drug-likeness (QED) is 0.479. The molecule has 2 aromatic rings. The van der Waals surface area contributed by atoms with Gasteiger partial charge in [0.05, 0.1) is 12.9 Å². The zero-order chi connectivity index (χ0) is 12.4. The first-order valence-electron chi connectivity index (χ1n) is 4.69. The molecule has 2 heterocycles. The summed E-state index contributed by atoms with van der Waals surface area (Å²) in [6.07, 6.45) is 1.32. The van der Waals surface area contributed by atoms with Gasteiger partial charge in [-0.15, -0.1) is 0 Å². The summed E-state index contributed by atoms with van der Waals surface area (Å²) in [7, 11) is 2.93. The minimum atomic E-state index is -0.345. The number of fused-ring (bicyclic) bond motifs is 1. The number of carbonyl (C=O) groups excluding carboxylic acids is 1. The number of carbonyl (C=O) groups is 1. The standard InChI is InChI=1S/C9H10N4O3S/c1-13-9(15)7-6(12-13)8(11-4-10-7)17-3-5(14)16-2/h4,15H,3H2,1-2H3. The van der Waals surface area contributed by atoms with Crippen LogP contribution in [0.3, 0.4) is 0 Å². The van der Waals surface area contributed by atoms with Crippen LogP contribution >= 0.6 is 11.8 Å². The van der Waals surface area contributed by atoms with Gasteiger partial charge in [0.2, 0.25) is 5.88 Å². The van der Waals surface area contributed by atoms with Crippen LogP contribution in [0.5, 0.6) is 5.88 Å². The third-order valence-corrected chi connectivity index (χ3v) is 3.06. The summed E-state index contributed by atoms with van der Waals surface area (Å²) in [5.41, 5.74) is 0.844. The highest BCUT2D eigenvalue weighted by Crippen LogP contribution is 2.28. The van der Waals surface area contributed by atoms with Crippen molar-refractivity contribution in [3.05, 3.63) is 6.33 Å². The van der Waals surface area contributed by atoms with Crippen molar-refractivity contribution in [3.8, 4) is 5.88 Å². The number of methoxy groups -OCH3 is 1. The molecule has 0 atom stereocenters. The normalized spacial score (nSPS) is 10.7. The zero-order valence-electron chi connectivity index (χ0n) is 9.25. The summed E-state index contributed by atoms with van der Waals surface area (Å²) < 4.78 is 5.84.